The van der Waals surface area contributed by atoms with E-state index in [1.807, 2.05) is 6.92 Å². The number of nitrogens with one attached hydrogen (secondary N) is 3. The highest BCUT2D eigenvalue weighted by Gasteiger charge is 2.18. The van der Waals surface area contributed by atoms with Crippen LogP contribution in [0.4, 0.5) is 23.1 Å². The number of anilines is 4. The molecule has 24 heavy (non-hydrogen) atoms. The number of sulfonamides is 1. The Bertz CT molecular complexity index is 841. The molecule has 4 N–H and O–H groups in total. The van der Waals surface area contributed by atoms with Crippen molar-refractivity contribution in [3.63, 3.8) is 0 Å². The molecule has 0 fully saturated rings. The van der Waals surface area contributed by atoms with E-state index >= 15 is 0 Å². The number of hydrogen-bond donors (Lipinski definition) is 4. The molecule has 0 saturated carbocycles. The first-order chi connectivity index (χ1) is 11.4. The second-order valence-electron chi connectivity index (χ2n) is 5.66. The van der Waals surface area contributed by atoms with Crippen LogP contribution in [0.1, 0.15) is 12.0 Å². The molecule has 1 aliphatic rings. The smallest absolute Gasteiger partial charge is 0.232 e. The summed E-state index contributed by atoms with van der Waals surface area (Å²) in [6.07, 6.45) is 1.92. The lowest BCUT2D eigenvalue weighted by atomic mass is 10.2. The van der Waals surface area contributed by atoms with Crippen molar-refractivity contribution < 1.29 is 13.5 Å². The summed E-state index contributed by atoms with van der Waals surface area (Å²) >= 11 is 0. The fourth-order valence-corrected chi connectivity index (χ4v) is 3.55. The van der Waals surface area contributed by atoms with E-state index in [9.17, 15) is 13.5 Å². The molecule has 2 aromatic rings. The number of aromatic nitrogens is 2. The third kappa shape index (κ3) is 3.92. The molecule has 1 unspecified atom stereocenters. The molecule has 1 atom stereocenters. The van der Waals surface area contributed by atoms with Crippen LogP contribution in [0.2, 0.25) is 0 Å². The molecule has 0 saturated heterocycles. The lowest BCUT2D eigenvalue weighted by molar-refractivity contribution is 0.272. The van der Waals surface area contributed by atoms with Gasteiger partial charge >= 0.3 is 0 Å². The maximum atomic E-state index is 12.2. The average molecular weight is 349 g/mol. The number of aliphatic hydroxyl groups is 1. The third-order valence-electron chi connectivity index (χ3n) is 3.66. The standard InChI is InChI=1S/C15H19N5O3S/c1-10-8-16-15-18-11-3-2-4-12(7-11)20-24(22,23)6-5-13(9-21)17-14(10)19-15/h2-4,7-8,13,20-21H,5-6,9H2,1H3,(H2,16,17,18,19). The van der Waals surface area contributed by atoms with Crippen LogP contribution in [0, 0.1) is 6.92 Å². The number of fused-ring (bicyclic) bond motifs is 4. The van der Waals surface area contributed by atoms with Gasteiger partial charge in [0.25, 0.3) is 0 Å². The maximum Gasteiger partial charge on any atom is 0.232 e. The van der Waals surface area contributed by atoms with Crippen molar-refractivity contribution >= 4 is 33.2 Å². The third-order valence-corrected chi connectivity index (χ3v) is 4.98. The van der Waals surface area contributed by atoms with Crippen LogP contribution in [0.5, 0.6) is 0 Å². The predicted octanol–water partition coefficient (Wildman–Crippen LogP) is 1.45. The number of rotatable bonds is 1. The van der Waals surface area contributed by atoms with Crippen molar-refractivity contribution in [2.45, 2.75) is 19.4 Å². The highest BCUT2D eigenvalue weighted by Crippen LogP contribution is 2.22. The maximum absolute atomic E-state index is 12.2. The fourth-order valence-electron chi connectivity index (χ4n) is 2.37. The van der Waals surface area contributed by atoms with Gasteiger partial charge in [0.1, 0.15) is 5.82 Å². The molecule has 128 valence electrons. The van der Waals surface area contributed by atoms with Gasteiger partial charge in [-0.15, -0.1) is 0 Å². The van der Waals surface area contributed by atoms with Gasteiger partial charge in [0.2, 0.25) is 16.0 Å². The van der Waals surface area contributed by atoms with Crippen LogP contribution in [0.25, 0.3) is 0 Å². The molecular weight excluding hydrogens is 330 g/mol. The van der Waals surface area contributed by atoms with Gasteiger partial charge in [0.15, 0.2) is 0 Å². The predicted molar refractivity (Wildman–Crippen MR) is 93.0 cm³/mol. The van der Waals surface area contributed by atoms with Gasteiger partial charge in [-0.05, 0) is 31.5 Å². The van der Waals surface area contributed by atoms with Gasteiger partial charge in [0.05, 0.1) is 24.1 Å². The molecule has 0 spiro atoms. The lowest BCUT2D eigenvalue weighted by Gasteiger charge is -2.18. The molecule has 0 radical (unpaired) electrons. The summed E-state index contributed by atoms with van der Waals surface area (Å²) in [4.78, 5) is 8.64. The molecule has 2 heterocycles. The Morgan fingerprint density at radius 2 is 2.12 bits per heavy atom. The minimum absolute atomic E-state index is 0.111. The van der Waals surface area contributed by atoms with Crippen LogP contribution < -0.4 is 15.4 Å². The summed E-state index contributed by atoms with van der Waals surface area (Å²) in [6.45, 7) is 1.65. The second-order valence-corrected chi connectivity index (χ2v) is 7.51. The van der Waals surface area contributed by atoms with E-state index in [-0.39, 0.29) is 18.8 Å². The van der Waals surface area contributed by atoms with Gasteiger partial charge in [-0.3, -0.25) is 4.72 Å². The van der Waals surface area contributed by atoms with Crippen LogP contribution in [0.15, 0.2) is 30.5 Å². The van der Waals surface area contributed by atoms with E-state index in [4.69, 9.17) is 0 Å². The van der Waals surface area contributed by atoms with Crippen molar-refractivity contribution in [3.8, 4) is 0 Å². The molecule has 9 heteroatoms. The van der Waals surface area contributed by atoms with E-state index < -0.39 is 16.1 Å². The van der Waals surface area contributed by atoms with E-state index in [0.717, 1.165) is 5.56 Å². The van der Waals surface area contributed by atoms with Gasteiger partial charge in [0, 0.05) is 17.4 Å². The first kappa shape index (κ1) is 16.5. The Kier molecular flexibility index (Phi) is 4.54. The van der Waals surface area contributed by atoms with E-state index in [1.165, 1.54) is 0 Å². The van der Waals surface area contributed by atoms with Crippen molar-refractivity contribution in [3.05, 3.63) is 36.0 Å². The molecule has 1 aliphatic heterocycles. The van der Waals surface area contributed by atoms with E-state index in [0.29, 0.717) is 23.1 Å². The van der Waals surface area contributed by atoms with Gasteiger partial charge in [-0.25, -0.2) is 13.4 Å². The fraction of sp³-hybridized carbons (Fsp3) is 0.333. The number of benzene rings is 1. The van der Waals surface area contributed by atoms with Gasteiger partial charge < -0.3 is 15.7 Å². The Labute approximate surface area is 140 Å². The average Bonchev–Trinajstić information content (AvgIpc) is 2.54. The molecule has 8 nitrogen and oxygen atoms in total. The van der Waals surface area contributed by atoms with Crippen LogP contribution in [0.3, 0.4) is 0 Å². The SMILES string of the molecule is Cc1cnc2nc1NC(CO)CCS(=O)(=O)Nc1cccc(c1)N2. The van der Waals surface area contributed by atoms with Crippen LogP contribution in [-0.2, 0) is 10.0 Å². The van der Waals surface area contributed by atoms with Gasteiger partial charge in [-0.1, -0.05) is 6.07 Å². The number of hydrogen-bond acceptors (Lipinski definition) is 7. The first-order valence-corrected chi connectivity index (χ1v) is 9.19. The summed E-state index contributed by atoms with van der Waals surface area (Å²) in [5.74, 6) is 0.839. The quantitative estimate of drug-likeness (QED) is 0.615. The largest absolute Gasteiger partial charge is 0.394 e. The molecule has 0 aliphatic carbocycles. The van der Waals surface area contributed by atoms with E-state index in [1.54, 1.807) is 30.5 Å². The Balaban J connectivity index is 2.03. The summed E-state index contributed by atoms with van der Waals surface area (Å²) in [7, 11) is -3.51. The first-order valence-electron chi connectivity index (χ1n) is 7.54. The van der Waals surface area contributed by atoms with Crippen molar-refractivity contribution in [2.75, 3.05) is 27.7 Å². The highest BCUT2D eigenvalue weighted by molar-refractivity contribution is 7.92. The minimum Gasteiger partial charge on any atom is -0.394 e. The summed E-state index contributed by atoms with van der Waals surface area (Å²) < 4.78 is 27.0. The Morgan fingerprint density at radius 1 is 1.33 bits per heavy atom. The van der Waals surface area contributed by atoms with Crippen molar-refractivity contribution in [1.29, 1.82) is 0 Å². The number of aliphatic hydroxyl groups excluding tert-OH is 1. The molecule has 3 rings (SSSR count). The molecule has 0 amide bonds. The number of aryl methyl sites for hydroxylation is 1. The number of nitrogens with zero attached hydrogens (tertiary/aromatic N) is 2. The van der Waals surface area contributed by atoms with Crippen molar-refractivity contribution in [1.82, 2.24) is 9.97 Å². The molecular formula is C15H19N5O3S. The zero-order chi connectivity index (χ0) is 17.2. The van der Waals surface area contributed by atoms with E-state index in [2.05, 4.69) is 25.3 Å². The minimum atomic E-state index is -3.51. The lowest BCUT2D eigenvalue weighted by Crippen LogP contribution is -2.29. The van der Waals surface area contributed by atoms with Crippen LogP contribution in [-0.4, -0.2) is 41.9 Å². The zero-order valence-corrected chi connectivity index (χ0v) is 14.0. The molecule has 1 aromatic carbocycles. The summed E-state index contributed by atoms with van der Waals surface area (Å²) in [5.41, 5.74) is 1.94. The normalized spacial score (nSPS) is 19.5. The van der Waals surface area contributed by atoms with Crippen molar-refractivity contribution in [2.24, 2.45) is 0 Å². The topological polar surface area (TPSA) is 116 Å². The monoisotopic (exact) mass is 349 g/mol. The summed E-state index contributed by atoms with van der Waals surface area (Å²) in [5, 5.41) is 15.7. The Morgan fingerprint density at radius 3 is 2.92 bits per heavy atom. The van der Waals surface area contributed by atoms with Gasteiger partial charge in [-0.2, -0.15) is 4.98 Å². The second kappa shape index (κ2) is 6.62. The molecule has 4 bridgehead atoms. The molecule has 1 aromatic heterocycles. The zero-order valence-electron chi connectivity index (χ0n) is 13.2. The Hall–Kier alpha value is -2.39. The highest BCUT2D eigenvalue weighted by atomic mass is 32.2. The summed E-state index contributed by atoms with van der Waals surface area (Å²) in [6, 6.07) is 6.46. The van der Waals surface area contributed by atoms with Crippen LogP contribution >= 0.6 is 0 Å².